The van der Waals surface area contributed by atoms with E-state index in [-0.39, 0.29) is 0 Å². The predicted octanol–water partition coefficient (Wildman–Crippen LogP) is 3.33. The molecule has 1 saturated heterocycles. The lowest BCUT2D eigenvalue weighted by Crippen LogP contribution is -2.37. The molecule has 3 heterocycles. The summed E-state index contributed by atoms with van der Waals surface area (Å²) in [5, 5.41) is 0.330. The third kappa shape index (κ3) is 3.08. The standard InChI is InChI=1S/C18H17ClFN5O/c1-10-11(2)22-17-16(21-10)15(13-4-3-12(19)9-14(13)20)23-18(24-17)25-5-7-26-8-6-25/h3-4,9H,5-8H2,1-2H3. The number of halogens is 2. The summed E-state index contributed by atoms with van der Waals surface area (Å²) in [6, 6.07) is 4.52. The Morgan fingerprint density at radius 1 is 1.04 bits per heavy atom. The largest absolute Gasteiger partial charge is 0.378 e. The zero-order valence-electron chi connectivity index (χ0n) is 14.5. The summed E-state index contributed by atoms with van der Waals surface area (Å²) in [5.41, 5.74) is 3.22. The topological polar surface area (TPSA) is 64.0 Å². The first-order valence-corrected chi connectivity index (χ1v) is 8.72. The summed E-state index contributed by atoms with van der Waals surface area (Å²) >= 11 is 5.90. The van der Waals surface area contributed by atoms with Crippen LogP contribution < -0.4 is 4.90 Å². The highest BCUT2D eigenvalue weighted by Crippen LogP contribution is 2.30. The normalized spacial score (nSPS) is 14.8. The fraction of sp³-hybridized carbons (Fsp3) is 0.333. The SMILES string of the molecule is Cc1nc2nc(N3CCOCC3)nc(-c3ccc(Cl)cc3F)c2nc1C. The molecule has 1 aliphatic heterocycles. The van der Waals surface area contributed by atoms with Crippen molar-refractivity contribution >= 4 is 28.7 Å². The minimum absolute atomic E-state index is 0.328. The Morgan fingerprint density at radius 2 is 1.77 bits per heavy atom. The van der Waals surface area contributed by atoms with Crippen molar-refractivity contribution in [3.05, 3.63) is 40.4 Å². The maximum atomic E-state index is 14.6. The van der Waals surface area contributed by atoms with Gasteiger partial charge in [-0.2, -0.15) is 4.98 Å². The molecule has 26 heavy (non-hydrogen) atoms. The molecule has 0 saturated carbocycles. The lowest BCUT2D eigenvalue weighted by Gasteiger charge is -2.27. The number of nitrogens with zero attached hydrogens (tertiary/aromatic N) is 5. The van der Waals surface area contributed by atoms with Crippen LogP contribution >= 0.6 is 11.6 Å². The monoisotopic (exact) mass is 373 g/mol. The van der Waals surface area contributed by atoms with E-state index in [1.54, 1.807) is 12.1 Å². The fourth-order valence-electron chi connectivity index (χ4n) is 2.87. The fourth-order valence-corrected chi connectivity index (χ4v) is 3.03. The van der Waals surface area contributed by atoms with Gasteiger partial charge in [-0.25, -0.2) is 19.3 Å². The van der Waals surface area contributed by atoms with Crippen LogP contribution in [0.2, 0.25) is 5.02 Å². The van der Waals surface area contributed by atoms with Crippen LogP contribution in [-0.4, -0.2) is 46.2 Å². The molecule has 1 fully saturated rings. The molecule has 1 aromatic carbocycles. The number of ether oxygens (including phenoxy) is 1. The molecule has 0 unspecified atom stereocenters. The van der Waals surface area contributed by atoms with Crippen LogP contribution in [0.3, 0.4) is 0 Å². The van der Waals surface area contributed by atoms with Crippen molar-refractivity contribution < 1.29 is 9.13 Å². The maximum Gasteiger partial charge on any atom is 0.228 e. The van der Waals surface area contributed by atoms with Crippen molar-refractivity contribution in [2.75, 3.05) is 31.2 Å². The number of aromatic nitrogens is 4. The van der Waals surface area contributed by atoms with Gasteiger partial charge in [0.2, 0.25) is 5.95 Å². The van der Waals surface area contributed by atoms with Crippen LogP contribution in [0.1, 0.15) is 11.4 Å². The van der Waals surface area contributed by atoms with Crippen LogP contribution in [0.15, 0.2) is 18.2 Å². The molecule has 8 heteroatoms. The Hall–Kier alpha value is -2.38. The van der Waals surface area contributed by atoms with Crippen LogP contribution in [0.25, 0.3) is 22.4 Å². The smallest absolute Gasteiger partial charge is 0.228 e. The number of benzene rings is 1. The number of rotatable bonds is 2. The molecule has 0 aliphatic carbocycles. The third-order valence-corrected chi connectivity index (χ3v) is 4.65. The number of aryl methyl sites for hydroxylation is 2. The molecule has 0 radical (unpaired) electrons. The van der Waals surface area contributed by atoms with Gasteiger partial charge in [0.05, 0.1) is 24.6 Å². The average molecular weight is 374 g/mol. The number of hydrogen-bond donors (Lipinski definition) is 0. The van der Waals surface area contributed by atoms with E-state index in [4.69, 9.17) is 16.3 Å². The van der Waals surface area contributed by atoms with E-state index in [0.717, 1.165) is 11.4 Å². The quantitative estimate of drug-likeness (QED) is 0.686. The van der Waals surface area contributed by atoms with Gasteiger partial charge in [0, 0.05) is 23.7 Å². The highest BCUT2D eigenvalue weighted by Gasteiger charge is 2.21. The second-order valence-electron chi connectivity index (χ2n) is 6.16. The van der Waals surface area contributed by atoms with Crippen LogP contribution in [0.4, 0.5) is 10.3 Å². The van der Waals surface area contributed by atoms with E-state index in [1.807, 2.05) is 18.7 Å². The van der Waals surface area contributed by atoms with Crippen molar-refractivity contribution in [2.24, 2.45) is 0 Å². The second-order valence-corrected chi connectivity index (χ2v) is 6.60. The first kappa shape index (κ1) is 17.1. The highest BCUT2D eigenvalue weighted by molar-refractivity contribution is 6.30. The van der Waals surface area contributed by atoms with Crippen molar-refractivity contribution in [3.63, 3.8) is 0 Å². The average Bonchev–Trinajstić information content (AvgIpc) is 2.63. The molecule has 134 valence electrons. The Kier molecular flexibility index (Phi) is 4.42. The Balaban J connectivity index is 1.97. The summed E-state index contributed by atoms with van der Waals surface area (Å²) in [4.78, 5) is 20.3. The maximum absolute atomic E-state index is 14.6. The number of anilines is 1. The van der Waals surface area contributed by atoms with Gasteiger partial charge in [0.15, 0.2) is 5.65 Å². The summed E-state index contributed by atoms with van der Waals surface area (Å²) in [7, 11) is 0. The summed E-state index contributed by atoms with van der Waals surface area (Å²) < 4.78 is 20.0. The van der Waals surface area contributed by atoms with Crippen molar-refractivity contribution in [1.29, 1.82) is 0 Å². The van der Waals surface area contributed by atoms with E-state index in [9.17, 15) is 4.39 Å². The number of fused-ring (bicyclic) bond motifs is 1. The van der Waals surface area contributed by atoms with Crippen LogP contribution in [0.5, 0.6) is 0 Å². The van der Waals surface area contributed by atoms with Gasteiger partial charge >= 0.3 is 0 Å². The lowest BCUT2D eigenvalue weighted by molar-refractivity contribution is 0.122. The van der Waals surface area contributed by atoms with Crippen LogP contribution in [0, 0.1) is 19.7 Å². The summed E-state index contributed by atoms with van der Waals surface area (Å²) in [6.07, 6.45) is 0. The number of morpholine rings is 1. The molecular weight excluding hydrogens is 357 g/mol. The Labute approximate surface area is 155 Å². The lowest BCUT2D eigenvalue weighted by atomic mass is 10.1. The Morgan fingerprint density at radius 3 is 2.50 bits per heavy atom. The predicted molar refractivity (Wildman–Crippen MR) is 98.0 cm³/mol. The molecule has 2 aromatic heterocycles. The van der Waals surface area contributed by atoms with Gasteiger partial charge in [-0.1, -0.05) is 11.6 Å². The molecule has 0 spiro atoms. The number of hydrogen-bond acceptors (Lipinski definition) is 6. The van der Waals surface area contributed by atoms with E-state index in [0.29, 0.717) is 59.7 Å². The first-order chi connectivity index (χ1) is 12.5. The van der Waals surface area contributed by atoms with E-state index < -0.39 is 5.82 Å². The van der Waals surface area contributed by atoms with E-state index in [2.05, 4.69) is 19.9 Å². The molecular formula is C18H17ClFN5O. The molecule has 0 bridgehead atoms. The zero-order chi connectivity index (χ0) is 18.3. The highest BCUT2D eigenvalue weighted by atomic mass is 35.5. The first-order valence-electron chi connectivity index (χ1n) is 8.34. The molecule has 3 aromatic rings. The van der Waals surface area contributed by atoms with Crippen molar-refractivity contribution in [1.82, 2.24) is 19.9 Å². The molecule has 1 aliphatic rings. The second kappa shape index (κ2) is 6.74. The van der Waals surface area contributed by atoms with Crippen molar-refractivity contribution in [3.8, 4) is 11.3 Å². The molecule has 0 amide bonds. The minimum atomic E-state index is -0.453. The van der Waals surface area contributed by atoms with Gasteiger partial charge in [0.1, 0.15) is 17.0 Å². The van der Waals surface area contributed by atoms with Crippen LogP contribution in [-0.2, 0) is 4.74 Å². The minimum Gasteiger partial charge on any atom is -0.378 e. The molecule has 0 atom stereocenters. The van der Waals surface area contributed by atoms with Gasteiger partial charge in [-0.05, 0) is 32.0 Å². The van der Waals surface area contributed by atoms with E-state index >= 15 is 0 Å². The van der Waals surface area contributed by atoms with E-state index in [1.165, 1.54) is 6.07 Å². The van der Waals surface area contributed by atoms with Gasteiger partial charge in [-0.15, -0.1) is 0 Å². The van der Waals surface area contributed by atoms with Gasteiger partial charge in [0.25, 0.3) is 0 Å². The molecule has 6 nitrogen and oxygen atoms in total. The molecule has 0 N–H and O–H groups in total. The van der Waals surface area contributed by atoms with Gasteiger partial charge in [-0.3, -0.25) is 0 Å². The zero-order valence-corrected chi connectivity index (χ0v) is 15.2. The molecule has 4 rings (SSSR count). The third-order valence-electron chi connectivity index (χ3n) is 4.41. The Bertz CT molecular complexity index is 991. The van der Waals surface area contributed by atoms with Crippen molar-refractivity contribution in [2.45, 2.75) is 13.8 Å². The van der Waals surface area contributed by atoms with Gasteiger partial charge < -0.3 is 9.64 Å². The summed E-state index contributed by atoms with van der Waals surface area (Å²) in [5.74, 6) is 0.0492. The summed E-state index contributed by atoms with van der Waals surface area (Å²) in [6.45, 7) is 6.29.